The van der Waals surface area contributed by atoms with E-state index in [1.165, 1.54) is 14.0 Å². The predicted molar refractivity (Wildman–Crippen MR) is 72.3 cm³/mol. The normalized spacial score (nSPS) is 17.8. The lowest BCUT2D eigenvalue weighted by atomic mass is 10.1. The van der Waals surface area contributed by atoms with Gasteiger partial charge in [0.2, 0.25) is 5.91 Å². The van der Waals surface area contributed by atoms with Crippen LogP contribution in [-0.4, -0.2) is 38.2 Å². The van der Waals surface area contributed by atoms with Gasteiger partial charge in [-0.05, 0) is 6.07 Å². The first-order chi connectivity index (χ1) is 9.61. The Bertz CT molecular complexity index is 504. The van der Waals surface area contributed by atoms with Crippen molar-refractivity contribution in [1.82, 2.24) is 10.6 Å². The Morgan fingerprint density at radius 1 is 1.45 bits per heavy atom. The molecule has 6 heteroatoms. The van der Waals surface area contributed by atoms with Crippen LogP contribution in [0.2, 0.25) is 0 Å². The molecule has 1 aliphatic heterocycles. The minimum absolute atomic E-state index is 0.00659. The van der Waals surface area contributed by atoms with Crippen molar-refractivity contribution in [1.29, 1.82) is 0 Å². The van der Waals surface area contributed by atoms with E-state index < -0.39 is 12.0 Å². The maximum Gasteiger partial charge on any atom is 0.329 e. The van der Waals surface area contributed by atoms with Gasteiger partial charge in [-0.3, -0.25) is 4.79 Å². The molecule has 6 nitrogen and oxygen atoms in total. The van der Waals surface area contributed by atoms with Gasteiger partial charge in [-0.1, -0.05) is 18.2 Å². The predicted octanol–water partition coefficient (Wildman–Crippen LogP) is 0.387. The average molecular weight is 278 g/mol. The van der Waals surface area contributed by atoms with Crippen LogP contribution < -0.4 is 15.4 Å². The van der Waals surface area contributed by atoms with Crippen molar-refractivity contribution in [2.75, 3.05) is 20.3 Å². The fourth-order valence-corrected chi connectivity index (χ4v) is 2.17. The number of hydrogen-bond donors (Lipinski definition) is 2. The van der Waals surface area contributed by atoms with Crippen molar-refractivity contribution in [3.8, 4) is 5.75 Å². The highest BCUT2D eigenvalue weighted by Gasteiger charge is 2.26. The molecule has 0 radical (unpaired) electrons. The summed E-state index contributed by atoms with van der Waals surface area (Å²) in [6.45, 7) is 2.16. The second kappa shape index (κ2) is 6.38. The van der Waals surface area contributed by atoms with E-state index in [0.29, 0.717) is 6.61 Å². The Hall–Kier alpha value is -2.08. The third-order valence-corrected chi connectivity index (χ3v) is 3.13. The number of ether oxygens (including phenoxy) is 2. The first-order valence-corrected chi connectivity index (χ1v) is 6.42. The van der Waals surface area contributed by atoms with Gasteiger partial charge in [0.25, 0.3) is 0 Å². The Balaban J connectivity index is 1.96. The monoisotopic (exact) mass is 278 g/mol. The highest BCUT2D eigenvalue weighted by Crippen LogP contribution is 2.31. The summed E-state index contributed by atoms with van der Waals surface area (Å²) < 4.78 is 10.2. The lowest BCUT2D eigenvalue weighted by Gasteiger charge is -2.18. The van der Waals surface area contributed by atoms with Crippen molar-refractivity contribution in [3.05, 3.63) is 29.8 Å². The number of carbonyl (C=O) groups excluding carboxylic acids is 2. The Morgan fingerprint density at radius 3 is 2.90 bits per heavy atom. The standard InChI is InChI=1S/C14H18N2O4/c1-9(17)16-11(14(18)19-2)7-15-12-8-20-13-6-4-3-5-10(12)13/h3-6,11-12,15H,7-8H2,1-2H3,(H,16,17). The summed E-state index contributed by atoms with van der Waals surface area (Å²) in [5, 5.41) is 5.78. The number of para-hydroxylation sites is 1. The summed E-state index contributed by atoms with van der Waals surface area (Å²) in [5.41, 5.74) is 1.05. The number of benzene rings is 1. The van der Waals surface area contributed by atoms with Crippen LogP contribution >= 0.6 is 0 Å². The van der Waals surface area contributed by atoms with E-state index in [4.69, 9.17) is 4.74 Å². The first kappa shape index (κ1) is 14.3. The SMILES string of the molecule is COC(=O)C(CNC1COc2ccccc21)NC(C)=O. The molecule has 0 saturated heterocycles. The molecule has 2 rings (SSSR count). The zero-order chi connectivity index (χ0) is 14.5. The summed E-state index contributed by atoms with van der Waals surface area (Å²) >= 11 is 0. The zero-order valence-corrected chi connectivity index (χ0v) is 11.5. The van der Waals surface area contributed by atoms with Gasteiger partial charge in [-0.15, -0.1) is 0 Å². The Morgan fingerprint density at radius 2 is 2.20 bits per heavy atom. The number of nitrogens with one attached hydrogen (secondary N) is 2. The molecule has 2 atom stereocenters. The molecule has 1 aromatic carbocycles. The summed E-state index contributed by atoms with van der Waals surface area (Å²) in [5.74, 6) is 0.101. The Labute approximate surface area is 117 Å². The number of esters is 1. The lowest BCUT2D eigenvalue weighted by Crippen LogP contribution is -2.47. The Kier molecular flexibility index (Phi) is 4.57. The smallest absolute Gasteiger partial charge is 0.329 e. The molecule has 0 fully saturated rings. The van der Waals surface area contributed by atoms with Crippen LogP contribution in [0.5, 0.6) is 5.75 Å². The van der Waals surface area contributed by atoms with Crippen LogP contribution in [0, 0.1) is 0 Å². The van der Waals surface area contributed by atoms with Crippen molar-refractivity contribution >= 4 is 11.9 Å². The first-order valence-electron chi connectivity index (χ1n) is 6.42. The van der Waals surface area contributed by atoms with E-state index in [9.17, 15) is 9.59 Å². The minimum atomic E-state index is -0.703. The van der Waals surface area contributed by atoms with Crippen molar-refractivity contribution in [2.45, 2.75) is 19.0 Å². The zero-order valence-electron chi connectivity index (χ0n) is 11.5. The van der Waals surface area contributed by atoms with E-state index >= 15 is 0 Å². The van der Waals surface area contributed by atoms with Gasteiger partial charge in [0, 0.05) is 19.0 Å². The second-order valence-corrected chi connectivity index (χ2v) is 4.59. The molecule has 1 heterocycles. The molecule has 2 N–H and O–H groups in total. The molecule has 2 unspecified atom stereocenters. The third-order valence-electron chi connectivity index (χ3n) is 3.13. The molecule has 0 spiro atoms. The molecule has 1 aliphatic rings. The summed E-state index contributed by atoms with van der Waals surface area (Å²) in [4.78, 5) is 22.7. The molecular formula is C14H18N2O4. The van der Waals surface area contributed by atoms with E-state index in [2.05, 4.69) is 15.4 Å². The fraction of sp³-hybridized carbons (Fsp3) is 0.429. The van der Waals surface area contributed by atoms with Gasteiger partial charge in [0.15, 0.2) is 0 Å². The maximum atomic E-state index is 11.6. The van der Waals surface area contributed by atoms with E-state index in [-0.39, 0.29) is 18.5 Å². The summed E-state index contributed by atoms with van der Waals surface area (Å²) in [6, 6.07) is 7.04. The summed E-state index contributed by atoms with van der Waals surface area (Å²) in [7, 11) is 1.30. The molecule has 0 saturated carbocycles. The van der Waals surface area contributed by atoms with Crippen molar-refractivity contribution in [2.24, 2.45) is 0 Å². The van der Waals surface area contributed by atoms with Gasteiger partial charge in [0.05, 0.1) is 13.2 Å². The van der Waals surface area contributed by atoms with Crippen molar-refractivity contribution in [3.63, 3.8) is 0 Å². The van der Waals surface area contributed by atoms with Gasteiger partial charge in [-0.2, -0.15) is 0 Å². The van der Waals surface area contributed by atoms with E-state index in [1.54, 1.807) is 0 Å². The molecule has 0 aliphatic carbocycles. The molecular weight excluding hydrogens is 260 g/mol. The third kappa shape index (κ3) is 3.27. The maximum absolute atomic E-state index is 11.6. The highest BCUT2D eigenvalue weighted by molar-refractivity contribution is 5.83. The molecule has 0 bridgehead atoms. The second-order valence-electron chi connectivity index (χ2n) is 4.59. The highest BCUT2D eigenvalue weighted by atomic mass is 16.5. The number of hydrogen-bond acceptors (Lipinski definition) is 5. The number of rotatable bonds is 5. The largest absolute Gasteiger partial charge is 0.491 e. The molecule has 108 valence electrons. The average Bonchev–Trinajstić information content (AvgIpc) is 2.85. The topological polar surface area (TPSA) is 76.7 Å². The van der Waals surface area contributed by atoms with Crippen LogP contribution in [0.15, 0.2) is 24.3 Å². The van der Waals surface area contributed by atoms with Gasteiger partial charge < -0.3 is 20.1 Å². The van der Waals surface area contributed by atoms with E-state index in [0.717, 1.165) is 11.3 Å². The van der Waals surface area contributed by atoms with Gasteiger partial charge in [-0.25, -0.2) is 4.79 Å². The number of carbonyl (C=O) groups is 2. The quantitative estimate of drug-likeness (QED) is 0.762. The minimum Gasteiger partial charge on any atom is -0.491 e. The number of methoxy groups -OCH3 is 1. The molecule has 0 aromatic heterocycles. The number of fused-ring (bicyclic) bond motifs is 1. The molecule has 1 amide bonds. The van der Waals surface area contributed by atoms with Crippen LogP contribution in [0.4, 0.5) is 0 Å². The van der Waals surface area contributed by atoms with Gasteiger partial charge >= 0.3 is 5.97 Å². The fourth-order valence-electron chi connectivity index (χ4n) is 2.17. The van der Waals surface area contributed by atoms with E-state index in [1.807, 2.05) is 24.3 Å². The summed E-state index contributed by atoms with van der Waals surface area (Å²) in [6.07, 6.45) is 0. The van der Waals surface area contributed by atoms with Crippen LogP contribution in [0.3, 0.4) is 0 Å². The number of amides is 1. The van der Waals surface area contributed by atoms with Crippen LogP contribution in [0.1, 0.15) is 18.5 Å². The van der Waals surface area contributed by atoms with Gasteiger partial charge in [0.1, 0.15) is 18.4 Å². The lowest BCUT2D eigenvalue weighted by molar-refractivity contribution is -0.144. The molecule has 1 aromatic rings. The van der Waals surface area contributed by atoms with Crippen LogP contribution in [0.25, 0.3) is 0 Å². The van der Waals surface area contributed by atoms with Crippen molar-refractivity contribution < 1.29 is 19.1 Å². The molecule has 20 heavy (non-hydrogen) atoms. The van der Waals surface area contributed by atoms with Crippen LogP contribution in [-0.2, 0) is 14.3 Å².